The van der Waals surface area contributed by atoms with Crippen LogP contribution in [0.2, 0.25) is 0 Å². The first-order chi connectivity index (χ1) is 14.4. The SMILES string of the molecule is CO[C@H]1CN(C(C)=O)CCCN(C(=O)c2ccncc2)CCCCOC[C@H](O)[C@@H]1O. The van der Waals surface area contributed by atoms with Crippen molar-refractivity contribution < 1.29 is 29.3 Å². The zero-order chi connectivity index (χ0) is 21.9. The molecule has 0 bridgehead atoms. The molecule has 0 saturated carbocycles. The largest absolute Gasteiger partial charge is 0.388 e. The summed E-state index contributed by atoms with van der Waals surface area (Å²) >= 11 is 0. The molecule has 0 aliphatic carbocycles. The first-order valence-corrected chi connectivity index (χ1v) is 10.4. The van der Waals surface area contributed by atoms with Crippen LogP contribution in [-0.2, 0) is 14.3 Å². The molecule has 0 unspecified atom stereocenters. The highest BCUT2D eigenvalue weighted by Crippen LogP contribution is 2.11. The maximum Gasteiger partial charge on any atom is 0.253 e. The number of rotatable bonds is 2. The van der Waals surface area contributed by atoms with Gasteiger partial charge in [0.05, 0.1) is 6.61 Å². The molecule has 9 heteroatoms. The van der Waals surface area contributed by atoms with Crippen LogP contribution in [0.25, 0.3) is 0 Å². The third-order valence-corrected chi connectivity index (χ3v) is 5.25. The Morgan fingerprint density at radius 3 is 2.43 bits per heavy atom. The molecule has 168 valence electrons. The summed E-state index contributed by atoms with van der Waals surface area (Å²) in [7, 11) is 1.43. The summed E-state index contributed by atoms with van der Waals surface area (Å²) < 4.78 is 10.8. The highest BCUT2D eigenvalue weighted by atomic mass is 16.5. The van der Waals surface area contributed by atoms with Gasteiger partial charge in [-0.25, -0.2) is 0 Å². The Morgan fingerprint density at radius 2 is 1.77 bits per heavy atom. The molecule has 2 N–H and O–H groups in total. The minimum absolute atomic E-state index is 0.0270. The number of aliphatic hydroxyl groups excluding tert-OH is 2. The van der Waals surface area contributed by atoms with E-state index in [9.17, 15) is 19.8 Å². The van der Waals surface area contributed by atoms with Gasteiger partial charge < -0.3 is 29.5 Å². The highest BCUT2D eigenvalue weighted by Gasteiger charge is 2.29. The fourth-order valence-electron chi connectivity index (χ4n) is 3.42. The minimum Gasteiger partial charge on any atom is -0.388 e. The van der Waals surface area contributed by atoms with E-state index in [2.05, 4.69) is 4.98 Å². The molecular formula is C21H33N3O6. The molecule has 3 atom stereocenters. The van der Waals surface area contributed by atoms with E-state index < -0.39 is 18.3 Å². The average Bonchev–Trinajstić information content (AvgIpc) is 2.76. The second kappa shape index (κ2) is 12.6. The van der Waals surface area contributed by atoms with Crippen LogP contribution in [0.4, 0.5) is 0 Å². The molecule has 2 amide bonds. The molecule has 1 aliphatic rings. The zero-order valence-corrected chi connectivity index (χ0v) is 17.8. The van der Waals surface area contributed by atoms with Crippen LogP contribution < -0.4 is 0 Å². The van der Waals surface area contributed by atoms with Gasteiger partial charge >= 0.3 is 0 Å². The maximum atomic E-state index is 12.9. The van der Waals surface area contributed by atoms with Crippen molar-refractivity contribution in [1.29, 1.82) is 0 Å². The predicted molar refractivity (Wildman–Crippen MR) is 110 cm³/mol. The van der Waals surface area contributed by atoms with Gasteiger partial charge in [0.15, 0.2) is 0 Å². The van der Waals surface area contributed by atoms with Crippen molar-refractivity contribution in [2.45, 2.75) is 44.5 Å². The lowest BCUT2D eigenvalue weighted by Gasteiger charge is -2.31. The second-order valence-electron chi connectivity index (χ2n) is 7.46. The van der Waals surface area contributed by atoms with Crippen molar-refractivity contribution in [2.24, 2.45) is 0 Å². The number of carbonyl (C=O) groups is 2. The third-order valence-electron chi connectivity index (χ3n) is 5.25. The summed E-state index contributed by atoms with van der Waals surface area (Å²) in [4.78, 5) is 32.3. The number of aromatic nitrogens is 1. The number of amides is 2. The monoisotopic (exact) mass is 423 g/mol. The number of aliphatic hydroxyl groups is 2. The van der Waals surface area contributed by atoms with Gasteiger partial charge in [0.1, 0.15) is 18.3 Å². The Kier molecular flexibility index (Phi) is 10.2. The number of hydrogen-bond donors (Lipinski definition) is 2. The minimum atomic E-state index is -1.17. The van der Waals surface area contributed by atoms with E-state index in [0.717, 1.165) is 12.8 Å². The summed E-state index contributed by atoms with van der Waals surface area (Å²) in [5.41, 5.74) is 0.577. The van der Waals surface area contributed by atoms with Crippen molar-refractivity contribution in [2.75, 3.05) is 46.5 Å². The van der Waals surface area contributed by atoms with Gasteiger partial charge in [0.25, 0.3) is 5.91 Å². The Morgan fingerprint density at radius 1 is 1.10 bits per heavy atom. The number of carbonyl (C=O) groups excluding carboxylic acids is 2. The summed E-state index contributed by atoms with van der Waals surface area (Å²) in [5.74, 6) is -0.232. The molecule has 0 aromatic carbocycles. The Labute approximate surface area is 177 Å². The van der Waals surface area contributed by atoms with Gasteiger partial charge in [0, 0.05) is 64.8 Å². The normalized spacial score (nSPS) is 25.3. The van der Waals surface area contributed by atoms with E-state index in [1.165, 1.54) is 14.0 Å². The zero-order valence-electron chi connectivity index (χ0n) is 17.8. The van der Waals surface area contributed by atoms with E-state index in [-0.39, 0.29) is 25.0 Å². The molecule has 1 saturated heterocycles. The molecule has 0 radical (unpaired) electrons. The third kappa shape index (κ3) is 7.32. The lowest BCUT2D eigenvalue weighted by Crippen LogP contribution is -2.48. The topological polar surface area (TPSA) is 112 Å². The van der Waals surface area contributed by atoms with Crippen LogP contribution >= 0.6 is 0 Å². The first-order valence-electron chi connectivity index (χ1n) is 10.4. The number of hydrogen-bond acceptors (Lipinski definition) is 7. The number of pyridine rings is 1. The van der Waals surface area contributed by atoms with Crippen molar-refractivity contribution in [3.63, 3.8) is 0 Å². The lowest BCUT2D eigenvalue weighted by molar-refractivity contribution is -0.136. The molecule has 1 aromatic heterocycles. The predicted octanol–water partition coefficient (Wildman–Crippen LogP) is 0.310. The smallest absolute Gasteiger partial charge is 0.253 e. The quantitative estimate of drug-likeness (QED) is 0.704. The van der Waals surface area contributed by atoms with Crippen molar-refractivity contribution in [3.05, 3.63) is 30.1 Å². The Bertz CT molecular complexity index is 659. The lowest BCUT2D eigenvalue weighted by atomic mass is 10.1. The average molecular weight is 424 g/mol. The maximum absolute atomic E-state index is 12.9. The molecular weight excluding hydrogens is 390 g/mol. The van der Waals surface area contributed by atoms with E-state index in [0.29, 0.717) is 38.2 Å². The Hall–Kier alpha value is -2.07. The number of methoxy groups -OCH3 is 1. The van der Waals surface area contributed by atoms with Gasteiger partial charge in [-0.05, 0) is 31.4 Å². The van der Waals surface area contributed by atoms with Crippen molar-refractivity contribution in [1.82, 2.24) is 14.8 Å². The fraction of sp³-hybridized carbons (Fsp3) is 0.667. The second-order valence-corrected chi connectivity index (χ2v) is 7.46. The number of ether oxygens (including phenoxy) is 2. The standard InChI is InChI=1S/C21H33N3O6/c1-16(25)24-12-5-11-23(21(28)17-6-8-22-9-7-17)10-3-4-13-30-15-18(26)20(27)19(14-24)29-2/h6-9,18-20,26-27H,3-5,10-15H2,1-2H3/t18-,19-,20-/m0/s1. The van der Waals surface area contributed by atoms with Gasteiger partial charge in [0.2, 0.25) is 5.91 Å². The van der Waals surface area contributed by atoms with E-state index >= 15 is 0 Å². The van der Waals surface area contributed by atoms with E-state index in [1.54, 1.807) is 34.3 Å². The summed E-state index contributed by atoms with van der Waals surface area (Å²) in [6, 6.07) is 3.38. The van der Waals surface area contributed by atoms with Crippen LogP contribution in [0, 0.1) is 0 Å². The van der Waals surface area contributed by atoms with Gasteiger partial charge in [-0.3, -0.25) is 14.6 Å². The fourth-order valence-corrected chi connectivity index (χ4v) is 3.42. The summed E-state index contributed by atoms with van der Waals surface area (Å²) in [5, 5.41) is 20.6. The van der Waals surface area contributed by atoms with Crippen LogP contribution in [-0.4, -0.2) is 102 Å². The van der Waals surface area contributed by atoms with Crippen LogP contribution in [0.15, 0.2) is 24.5 Å². The van der Waals surface area contributed by atoms with Crippen molar-refractivity contribution in [3.8, 4) is 0 Å². The highest BCUT2D eigenvalue weighted by molar-refractivity contribution is 5.94. The summed E-state index contributed by atoms with van der Waals surface area (Å²) in [6.07, 6.45) is 2.20. The van der Waals surface area contributed by atoms with E-state index in [4.69, 9.17) is 9.47 Å². The van der Waals surface area contributed by atoms with E-state index in [1.807, 2.05) is 0 Å². The number of nitrogens with zero attached hydrogens (tertiary/aromatic N) is 3. The molecule has 1 aliphatic heterocycles. The molecule has 30 heavy (non-hydrogen) atoms. The molecule has 9 nitrogen and oxygen atoms in total. The van der Waals surface area contributed by atoms with Crippen molar-refractivity contribution >= 4 is 11.8 Å². The molecule has 1 aromatic rings. The Balaban J connectivity index is 2.11. The first kappa shape index (κ1) is 24.2. The van der Waals surface area contributed by atoms with Crippen LogP contribution in [0.5, 0.6) is 0 Å². The molecule has 2 heterocycles. The summed E-state index contributed by atoms with van der Waals surface area (Å²) in [6.45, 7) is 3.45. The van der Waals surface area contributed by atoms with Gasteiger partial charge in [-0.15, -0.1) is 0 Å². The molecule has 0 spiro atoms. The molecule has 2 rings (SSSR count). The molecule has 1 fully saturated rings. The van der Waals surface area contributed by atoms with Gasteiger partial charge in [-0.2, -0.15) is 0 Å². The van der Waals surface area contributed by atoms with Gasteiger partial charge in [-0.1, -0.05) is 0 Å². The van der Waals surface area contributed by atoms with Crippen LogP contribution in [0.3, 0.4) is 0 Å². The van der Waals surface area contributed by atoms with Crippen LogP contribution in [0.1, 0.15) is 36.5 Å².